The molecule has 0 fully saturated rings. The number of benzene rings is 1. The number of nitro groups is 1. The van der Waals surface area contributed by atoms with Gasteiger partial charge < -0.3 is 15.7 Å². The highest BCUT2D eigenvalue weighted by molar-refractivity contribution is 5.93. The summed E-state index contributed by atoms with van der Waals surface area (Å²) in [6, 6.07) is 2.38. The summed E-state index contributed by atoms with van der Waals surface area (Å²) in [5, 5.41) is 24.4. The van der Waals surface area contributed by atoms with Crippen LogP contribution < -0.4 is 10.6 Å². The number of nitrogens with one attached hydrogen (secondary N) is 2. The molecule has 0 bridgehead atoms. The van der Waals surface area contributed by atoms with E-state index in [0.717, 1.165) is 0 Å². The molecule has 3 N–H and O–H groups in total. The Hall–Kier alpha value is -2.64. The molecule has 21 heavy (non-hydrogen) atoms. The minimum Gasteiger partial charge on any atom is -0.480 e. The fourth-order valence-electron chi connectivity index (χ4n) is 1.76. The van der Waals surface area contributed by atoms with E-state index in [9.17, 15) is 19.7 Å². The van der Waals surface area contributed by atoms with Gasteiger partial charge in [0, 0.05) is 17.8 Å². The monoisotopic (exact) mass is 295 g/mol. The predicted molar refractivity (Wildman–Crippen MR) is 76.3 cm³/mol. The Bertz CT molecular complexity index is 559. The molecule has 8 heteroatoms. The van der Waals surface area contributed by atoms with Crippen LogP contribution in [0.1, 0.15) is 25.3 Å². The number of non-ortho nitro benzene ring substituents is 1. The van der Waals surface area contributed by atoms with Gasteiger partial charge in [0.15, 0.2) is 0 Å². The molecule has 2 amide bonds. The molecule has 1 aromatic carbocycles. The third kappa shape index (κ3) is 4.75. The van der Waals surface area contributed by atoms with E-state index in [-0.39, 0.29) is 5.69 Å². The van der Waals surface area contributed by atoms with Gasteiger partial charge in [-0.1, -0.05) is 13.3 Å². The third-order valence-electron chi connectivity index (χ3n) is 2.85. The number of hydrogen-bond acceptors (Lipinski definition) is 4. The van der Waals surface area contributed by atoms with Gasteiger partial charge in [-0.15, -0.1) is 0 Å². The van der Waals surface area contributed by atoms with Crippen LogP contribution in [0.4, 0.5) is 16.2 Å². The molecule has 0 aliphatic rings. The minimum atomic E-state index is -1.10. The quantitative estimate of drug-likeness (QED) is 0.549. The number of rotatable bonds is 6. The highest BCUT2D eigenvalue weighted by Gasteiger charge is 2.19. The van der Waals surface area contributed by atoms with E-state index in [2.05, 4.69) is 10.6 Å². The Morgan fingerprint density at radius 3 is 2.57 bits per heavy atom. The van der Waals surface area contributed by atoms with Crippen LogP contribution in [0, 0.1) is 17.0 Å². The predicted octanol–water partition coefficient (Wildman–Crippen LogP) is 2.28. The van der Waals surface area contributed by atoms with Gasteiger partial charge in [0.05, 0.1) is 4.92 Å². The average molecular weight is 295 g/mol. The van der Waals surface area contributed by atoms with Gasteiger partial charge in [-0.3, -0.25) is 10.1 Å². The number of nitrogens with zero attached hydrogens (tertiary/aromatic N) is 1. The second-order valence-corrected chi connectivity index (χ2v) is 4.53. The van der Waals surface area contributed by atoms with Gasteiger partial charge in [0.1, 0.15) is 6.04 Å². The van der Waals surface area contributed by atoms with E-state index in [4.69, 9.17) is 5.11 Å². The smallest absolute Gasteiger partial charge is 0.326 e. The Balaban J connectivity index is 2.74. The molecule has 1 aromatic rings. The average Bonchev–Trinajstić information content (AvgIpc) is 2.40. The Morgan fingerprint density at radius 1 is 1.43 bits per heavy atom. The largest absolute Gasteiger partial charge is 0.480 e. The molecule has 0 radical (unpaired) electrons. The summed E-state index contributed by atoms with van der Waals surface area (Å²) in [4.78, 5) is 32.8. The van der Waals surface area contributed by atoms with Crippen LogP contribution in [0.15, 0.2) is 18.2 Å². The van der Waals surface area contributed by atoms with Crippen molar-refractivity contribution in [2.24, 2.45) is 0 Å². The number of hydrogen-bond donors (Lipinski definition) is 3. The number of amides is 2. The van der Waals surface area contributed by atoms with Crippen LogP contribution in [0.5, 0.6) is 0 Å². The number of carboxylic acid groups (broad SMARTS) is 1. The van der Waals surface area contributed by atoms with Crippen molar-refractivity contribution in [1.29, 1.82) is 0 Å². The van der Waals surface area contributed by atoms with Crippen molar-refractivity contribution in [3.63, 3.8) is 0 Å². The first-order valence-corrected chi connectivity index (χ1v) is 6.40. The topological polar surface area (TPSA) is 122 Å². The van der Waals surface area contributed by atoms with Crippen molar-refractivity contribution in [3.05, 3.63) is 33.9 Å². The molecule has 0 heterocycles. The van der Waals surface area contributed by atoms with Gasteiger partial charge in [0.2, 0.25) is 0 Å². The maximum atomic E-state index is 11.8. The van der Waals surface area contributed by atoms with Gasteiger partial charge in [0.25, 0.3) is 5.69 Å². The van der Waals surface area contributed by atoms with Crippen molar-refractivity contribution >= 4 is 23.4 Å². The molecule has 1 unspecified atom stereocenters. The molecule has 8 nitrogen and oxygen atoms in total. The van der Waals surface area contributed by atoms with E-state index >= 15 is 0 Å². The Morgan fingerprint density at radius 2 is 2.10 bits per heavy atom. The SMILES string of the molecule is CCCC(NC(=O)Nc1ccc([N+](=O)[O-])cc1C)C(=O)O. The van der Waals surface area contributed by atoms with Crippen molar-refractivity contribution in [2.75, 3.05) is 5.32 Å². The molecule has 0 aliphatic heterocycles. The zero-order valence-corrected chi connectivity index (χ0v) is 11.8. The number of nitro benzene ring substituents is 1. The minimum absolute atomic E-state index is 0.0761. The molecule has 0 aromatic heterocycles. The summed E-state index contributed by atoms with van der Waals surface area (Å²) in [6.45, 7) is 3.43. The van der Waals surface area contributed by atoms with Crippen LogP contribution in [0.25, 0.3) is 0 Å². The van der Waals surface area contributed by atoms with E-state index in [1.165, 1.54) is 18.2 Å². The lowest BCUT2D eigenvalue weighted by Gasteiger charge is -2.15. The summed E-state index contributed by atoms with van der Waals surface area (Å²) in [7, 11) is 0. The summed E-state index contributed by atoms with van der Waals surface area (Å²) < 4.78 is 0. The number of carbonyl (C=O) groups is 2. The lowest BCUT2D eigenvalue weighted by Crippen LogP contribution is -2.42. The van der Waals surface area contributed by atoms with E-state index < -0.39 is 23.0 Å². The lowest BCUT2D eigenvalue weighted by atomic mass is 10.1. The van der Waals surface area contributed by atoms with Crippen LogP contribution in [-0.2, 0) is 4.79 Å². The van der Waals surface area contributed by atoms with Gasteiger partial charge in [-0.05, 0) is 25.0 Å². The summed E-state index contributed by atoms with van der Waals surface area (Å²) in [5.74, 6) is -1.10. The van der Waals surface area contributed by atoms with Gasteiger partial charge in [-0.25, -0.2) is 9.59 Å². The molecular weight excluding hydrogens is 278 g/mol. The number of carbonyl (C=O) groups excluding carboxylic acids is 1. The van der Waals surface area contributed by atoms with E-state index in [0.29, 0.717) is 24.1 Å². The van der Waals surface area contributed by atoms with E-state index in [1.807, 2.05) is 6.92 Å². The molecule has 0 saturated carbocycles. The summed E-state index contributed by atoms with van der Waals surface area (Å²) in [5.41, 5.74) is 0.827. The first-order valence-electron chi connectivity index (χ1n) is 6.40. The maximum Gasteiger partial charge on any atom is 0.326 e. The summed E-state index contributed by atoms with van der Waals surface area (Å²) in [6.07, 6.45) is 0.940. The Kier molecular flexibility index (Phi) is 5.65. The number of aryl methyl sites for hydroxylation is 1. The van der Waals surface area contributed by atoms with Gasteiger partial charge >= 0.3 is 12.0 Å². The molecule has 0 saturated heterocycles. The van der Waals surface area contributed by atoms with Crippen molar-refractivity contribution in [1.82, 2.24) is 5.32 Å². The first kappa shape index (κ1) is 16.4. The zero-order valence-electron chi connectivity index (χ0n) is 11.8. The molecule has 1 atom stereocenters. The molecule has 0 spiro atoms. The number of anilines is 1. The highest BCUT2D eigenvalue weighted by Crippen LogP contribution is 2.21. The van der Waals surface area contributed by atoms with Crippen LogP contribution >= 0.6 is 0 Å². The lowest BCUT2D eigenvalue weighted by molar-refractivity contribution is -0.384. The fourth-order valence-corrected chi connectivity index (χ4v) is 1.76. The number of aliphatic carboxylic acids is 1. The fraction of sp³-hybridized carbons (Fsp3) is 0.385. The highest BCUT2D eigenvalue weighted by atomic mass is 16.6. The second kappa shape index (κ2) is 7.22. The van der Waals surface area contributed by atoms with Crippen LogP contribution in [0.3, 0.4) is 0 Å². The first-order chi connectivity index (χ1) is 9.85. The van der Waals surface area contributed by atoms with Crippen molar-refractivity contribution in [3.8, 4) is 0 Å². The Labute approximate surface area is 121 Å². The molecular formula is C13H17N3O5. The number of urea groups is 1. The number of carboxylic acids is 1. The van der Waals surface area contributed by atoms with Crippen molar-refractivity contribution < 1.29 is 19.6 Å². The molecule has 0 aliphatic carbocycles. The standard InChI is InChI=1S/C13H17N3O5/c1-3-4-11(12(17)18)15-13(19)14-10-6-5-9(16(20)21)7-8(10)2/h5-7,11H,3-4H2,1-2H3,(H,17,18)(H2,14,15,19). The normalized spacial score (nSPS) is 11.5. The third-order valence-corrected chi connectivity index (χ3v) is 2.85. The molecule has 1 rings (SSSR count). The van der Waals surface area contributed by atoms with E-state index in [1.54, 1.807) is 6.92 Å². The van der Waals surface area contributed by atoms with Gasteiger partial charge in [-0.2, -0.15) is 0 Å². The second-order valence-electron chi connectivity index (χ2n) is 4.53. The molecule has 114 valence electrons. The zero-order chi connectivity index (χ0) is 16.0. The van der Waals surface area contributed by atoms with Crippen LogP contribution in [0.2, 0.25) is 0 Å². The summed E-state index contributed by atoms with van der Waals surface area (Å²) >= 11 is 0. The maximum absolute atomic E-state index is 11.8. The van der Waals surface area contributed by atoms with Crippen LogP contribution in [-0.4, -0.2) is 28.1 Å². The van der Waals surface area contributed by atoms with Crippen molar-refractivity contribution in [2.45, 2.75) is 32.7 Å².